The van der Waals surface area contributed by atoms with Crippen LogP contribution in [0.15, 0.2) is 83.8 Å². The number of nitrogens with zero attached hydrogens (tertiary/aromatic N) is 1. The summed E-state index contributed by atoms with van der Waals surface area (Å²) in [5, 5.41) is 10.9. The van der Waals surface area contributed by atoms with Gasteiger partial charge in [0, 0.05) is 12.0 Å². The Labute approximate surface area is 186 Å². The predicted octanol–water partition coefficient (Wildman–Crippen LogP) is 3.74. The smallest absolute Gasteiger partial charge is 0.254 e. The average molecular weight is 456 g/mol. The Morgan fingerprint density at radius 2 is 1.52 bits per heavy atom. The molecule has 1 heterocycles. The maximum absolute atomic E-state index is 12.7. The number of hydrogen-bond donors (Lipinski definition) is 1. The molecule has 0 aliphatic carbocycles. The van der Waals surface area contributed by atoms with Crippen molar-refractivity contribution < 1.29 is 18.3 Å². The van der Waals surface area contributed by atoms with E-state index in [1.807, 2.05) is 30.3 Å². The number of benzene rings is 3. The van der Waals surface area contributed by atoms with E-state index in [9.17, 15) is 18.3 Å². The van der Waals surface area contributed by atoms with Crippen LogP contribution < -0.4 is 0 Å². The maximum Gasteiger partial charge on any atom is 0.254 e. The number of halogens is 1. The van der Waals surface area contributed by atoms with E-state index in [-0.39, 0.29) is 34.7 Å². The van der Waals surface area contributed by atoms with E-state index >= 15 is 0 Å². The molecule has 1 aliphatic rings. The second-order valence-corrected chi connectivity index (χ2v) is 10.3. The minimum absolute atomic E-state index is 0.0927. The van der Waals surface area contributed by atoms with Gasteiger partial charge in [0.15, 0.2) is 9.84 Å². The van der Waals surface area contributed by atoms with Crippen LogP contribution in [0.4, 0.5) is 0 Å². The topological polar surface area (TPSA) is 74.7 Å². The Hall–Kier alpha value is -2.67. The van der Waals surface area contributed by atoms with Crippen LogP contribution in [-0.4, -0.2) is 43.0 Å². The quantitative estimate of drug-likeness (QED) is 0.614. The third-order valence-corrected chi connectivity index (χ3v) is 7.54. The second kappa shape index (κ2) is 8.46. The summed E-state index contributed by atoms with van der Waals surface area (Å²) in [6.45, 7) is 0.534. The van der Waals surface area contributed by atoms with Crippen LogP contribution in [0.1, 0.15) is 21.5 Å². The molecule has 5 nitrogen and oxygen atoms in total. The molecule has 1 amide bonds. The number of carbonyl (C=O) groups excluding carboxylic acids is 1. The molecule has 0 saturated carbocycles. The molecule has 7 heteroatoms. The summed E-state index contributed by atoms with van der Waals surface area (Å²) in [5.74, 6) is -0.385. The first-order valence-electron chi connectivity index (χ1n) is 9.88. The fourth-order valence-electron chi connectivity index (χ4n) is 3.82. The van der Waals surface area contributed by atoms with E-state index in [0.717, 1.165) is 5.56 Å². The van der Waals surface area contributed by atoms with Crippen molar-refractivity contribution in [3.63, 3.8) is 0 Å². The highest BCUT2D eigenvalue weighted by atomic mass is 35.5. The minimum atomic E-state index is -3.59. The lowest BCUT2D eigenvalue weighted by Gasteiger charge is -2.46. The van der Waals surface area contributed by atoms with Gasteiger partial charge in [-0.05, 0) is 35.4 Å². The molecule has 0 radical (unpaired) electrons. The Kier molecular flexibility index (Phi) is 5.88. The number of rotatable bonds is 6. The van der Waals surface area contributed by atoms with Crippen molar-refractivity contribution in [2.45, 2.75) is 22.7 Å². The molecule has 0 spiro atoms. The molecule has 0 aromatic heterocycles. The molecule has 3 aromatic rings. The fraction of sp³-hybridized carbons (Fsp3) is 0.208. The van der Waals surface area contributed by atoms with Crippen LogP contribution in [0.3, 0.4) is 0 Å². The lowest BCUT2D eigenvalue weighted by Crippen LogP contribution is -2.64. The largest absolute Gasteiger partial charge is 0.386 e. The molecule has 0 atom stereocenters. The number of carbonyl (C=O) groups is 1. The minimum Gasteiger partial charge on any atom is -0.386 e. The van der Waals surface area contributed by atoms with Gasteiger partial charge in [-0.15, -0.1) is 0 Å². The van der Waals surface area contributed by atoms with Crippen LogP contribution in [0.5, 0.6) is 0 Å². The predicted molar refractivity (Wildman–Crippen MR) is 120 cm³/mol. The van der Waals surface area contributed by atoms with Gasteiger partial charge in [-0.2, -0.15) is 0 Å². The molecule has 3 aromatic carbocycles. The molecule has 31 heavy (non-hydrogen) atoms. The monoisotopic (exact) mass is 455 g/mol. The van der Waals surface area contributed by atoms with Gasteiger partial charge in [0.2, 0.25) is 0 Å². The first kappa shape index (κ1) is 21.6. The van der Waals surface area contributed by atoms with Crippen LogP contribution in [-0.2, 0) is 22.0 Å². The number of β-amino-alcohol motifs (C(OH)–C–C–N with tert-alkyl or cyclic N) is 1. The van der Waals surface area contributed by atoms with Crippen LogP contribution in [0.25, 0.3) is 0 Å². The molecular formula is C24H22ClNO4S. The zero-order chi connectivity index (χ0) is 22.1. The third-order valence-electron chi connectivity index (χ3n) is 5.36. The van der Waals surface area contributed by atoms with Crippen molar-refractivity contribution in [3.05, 3.63) is 101 Å². The number of likely N-dealkylation sites (tertiary alicyclic amines) is 1. The van der Waals surface area contributed by atoms with Gasteiger partial charge < -0.3 is 10.0 Å². The lowest BCUT2D eigenvalue weighted by molar-refractivity contribution is -0.0799. The fourth-order valence-corrected chi connectivity index (χ4v) is 5.74. The van der Waals surface area contributed by atoms with Gasteiger partial charge >= 0.3 is 0 Å². The van der Waals surface area contributed by atoms with Crippen molar-refractivity contribution in [1.29, 1.82) is 0 Å². The summed E-state index contributed by atoms with van der Waals surface area (Å²) < 4.78 is 25.3. The number of sulfone groups is 1. The van der Waals surface area contributed by atoms with Gasteiger partial charge in [-0.1, -0.05) is 66.2 Å². The molecule has 1 aliphatic heterocycles. The first-order chi connectivity index (χ1) is 14.8. The molecular weight excluding hydrogens is 434 g/mol. The van der Waals surface area contributed by atoms with Gasteiger partial charge in [-0.3, -0.25) is 4.79 Å². The van der Waals surface area contributed by atoms with E-state index in [0.29, 0.717) is 17.5 Å². The number of amides is 1. The van der Waals surface area contributed by atoms with Crippen LogP contribution in [0, 0.1) is 0 Å². The SMILES string of the molecule is O=C(c1ccc(CS(=O)(=O)c2ccccc2Cl)cc1)N1CC(O)(Cc2ccccc2)C1. The average Bonchev–Trinajstić information content (AvgIpc) is 2.72. The first-order valence-corrected chi connectivity index (χ1v) is 11.9. The van der Waals surface area contributed by atoms with E-state index in [4.69, 9.17) is 11.6 Å². The Bertz CT molecular complexity index is 1190. The second-order valence-electron chi connectivity index (χ2n) is 7.93. The summed E-state index contributed by atoms with van der Waals surface area (Å²) in [5.41, 5.74) is 1.14. The van der Waals surface area contributed by atoms with Crippen molar-refractivity contribution in [2.75, 3.05) is 13.1 Å². The summed E-state index contributed by atoms with van der Waals surface area (Å²) in [4.78, 5) is 14.4. The van der Waals surface area contributed by atoms with Crippen molar-refractivity contribution in [2.24, 2.45) is 0 Å². The van der Waals surface area contributed by atoms with Crippen LogP contribution in [0.2, 0.25) is 5.02 Å². The van der Waals surface area contributed by atoms with E-state index in [1.54, 1.807) is 47.4 Å². The Balaban J connectivity index is 1.39. The van der Waals surface area contributed by atoms with Gasteiger partial charge in [0.25, 0.3) is 5.91 Å². The normalized spacial score (nSPS) is 15.4. The highest BCUT2D eigenvalue weighted by Gasteiger charge is 2.43. The summed E-state index contributed by atoms with van der Waals surface area (Å²) in [6, 6.07) is 22.5. The number of aliphatic hydroxyl groups is 1. The Morgan fingerprint density at radius 3 is 2.16 bits per heavy atom. The van der Waals surface area contributed by atoms with Crippen molar-refractivity contribution in [1.82, 2.24) is 4.90 Å². The van der Waals surface area contributed by atoms with Gasteiger partial charge in [-0.25, -0.2) is 8.42 Å². The highest BCUT2D eigenvalue weighted by molar-refractivity contribution is 7.90. The molecule has 1 N–H and O–H groups in total. The highest BCUT2D eigenvalue weighted by Crippen LogP contribution is 2.28. The molecule has 4 rings (SSSR count). The van der Waals surface area contributed by atoms with E-state index in [1.165, 1.54) is 6.07 Å². The third kappa shape index (κ3) is 4.82. The Morgan fingerprint density at radius 1 is 0.903 bits per heavy atom. The lowest BCUT2D eigenvalue weighted by atomic mass is 9.86. The van der Waals surface area contributed by atoms with Crippen molar-refractivity contribution >= 4 is 27.3 Å². The maximum atomic E-state index is 12.7. The molecule has 1 saturated heterocycles. The number of hydrogen-bond acceptors (Lipinski definition) is 4. The zero-order valence-electron chi connectivity index (χ0n) is 16.7. The molecule has 0 unspecified atom stereocenters. The molecule has 1 fully saturated rings. The van der Waals surface area contributed by atoms with E-state index in [2.05, 4.69) is 0 Å². The van der Waals surface area contributed by atoms with Gasteiger partial charge in [0.05, 0.1) is 28.8 Å². The summed E-state index contributed by atoms with van der Waals surface area (Å²) >= 11 is 6.02. The summed E-state index contributed by atoms with van der Waals surface area (Å²) in [6.07, 6.45) is 0.496. The molecule has 160 valence electrons. The summed E-state index contributed by atoms with van der Waals surface area (Å²) in [7, 11) is -3.59. The molecule has 0 bridgehead atoms. The van der Waals surface area contributed by atoms with Crippen LogP contribution >= 0.6 is 11.6 Å². The standard InChI is InChI=1S/C24H22ClNO4S/c25-21-8-4-5-9-22(21)31(29,30)15-19-10-12-20(13-11-19)23(27)26-16-24(28,17-26)14-18-6-2-1-3-7-18/h1-13,28H,14-17H2. The van der Waals surface area contributed by atoms with E-state index < -0.39 is 15.4 Å². The van der Waals surface area contributed by atoms with Gasteiger partial charge in [0.1, 0.15) is 5.60 Å². The zero-order valence-corrected chi connectivity index (χ0v) is 18.3. The van der Waals surface area contributed by atoms with Crippen molar-refractivity contribution in [3.8, 4) is 0 Å².